The average molecular weight is 672 g/mol. The zero-order valence-corrected chi connectivity index (χ0v) is 19.3. The summed E-state index contributed by atoms with van der Waals surface area (Å²) >= 11 is 0. The second-order valence-corrected chi connectivity index (χ2v) is 11.2. The maximum absolute atomic E-state index is 11.0. The molecular weight excluding hydrogens is 656 g/mol. The highest BCUT2D eigenvalue weighted by Gasteiger charge is 2.35. The Kier molecular flexibility index (Phi) is 19.0. The second-order valence-electron chi connectivity index (χ2n) is 5.37. The lowest BCUT2D eigenvalue weighted by molar-refractivity contribution is -0.108. The molecule has 0 aliphatic heterocycles. The van der Waals surface area contributed by atoms with Crippen LogP contribution >= 0.6 is 0 Å². The van der Waals surface area contributed by atoms with Gasteiger partial charge in [0.25, 0.3) is 40.5 Å². The summed E-state index contributed by atoms with van der Waals surface area (Å²) in [6, 6.07) is 0. The summed E-state index contributed by atoms with van der Waals surface area (Å²) in [4.78, 5) is 0. The molecule has 0 spiro atoms. The lowest BCUT2D eigenvalue weighted by Crippen LogP contribution is -2.21. The van der Waals surface area contributed by atoms with Crippen molar-refractivity contribution in [3.63, 3.8) is 0 Å². The van der Waals surface area contributed by atoms with Crippen LogP contribution in [0.3, 0.4) is 0 Å². The van der Waals surface area contributed by atoms with Crippen LogP contribution in [0.5, 0.6) is 0 Å². The van der Waals surface area contributed by atoms with Gasteiger partial charge in [0, 0.05) is 0 Å². The fourth-order valence-corrected chi connectivity index (χ4v) is 2.48. The molecule has 0 rings (SSSR count). The van der Waals surface area contributed by atoms with Crippen LogP contribution in [-0.4, -0.2) is 99.6 Å². The number of rotatable bonds is 4. The van der Waals surface area contributed by atoms with Crippen molar-refractivity contribution in [3.8, 4) is 0 Å². The molecule has 0 saturated heterocycles. The van der Waals surface area contributed by atoms with Crippen LogP contribution in [0.2, 0.25) is 0 Å². The molecule has 37 heavy (non-hydrogen) atoms. The Labute approximate surface area is 200 Å². The first-order valence-corrected chi connectivity index (χ1v) is 13.3. The minimum atomic E-state index is -4.91. The third kappa shape index (κ3) is 72.0. The van der Waals surface area contributed by atoms with Gasteiger partial charge in [0.1, 0.15) is 0 Å². The van der Waals surface area contributed by atoms with Gasteiger partial charge in [-0.2, -0.15) is 86.4 Å². The molecule has 0 aliphatic carbocycles. The molecule has 0 aliphatic rings. The predicted molar refractivity (Wildman–Crippen MR) is 96.6 cm³/mol. The fraction of sp³-hybridized carbons (Fsp3) is 1.00. The second kappa shape index (κ2) is 15.4. The van der Waals surface area contributed by atoms with Crippen LogP contribution < -0.4 is 0 Å². The first-order chi connectivity index (χ1) is 14.8. The molecule has 0 radical (unpaired) electrons. The molecule has 12 nitrogen and oxygen atoms in total. The van der Waals surface area contributed by atoms with E-state index in [-0.39, 0.29) is 7.43 Å². The van der Waals surface area contributed by atoms with Crippen molar-refractivity contribution >= 4 is 40.5 Å². The van der Waals surface area contributed by atoms with Crippen LogP contribution in [0.1, 0.15) is 7.43 Å². The zero-order valence-electron chi connectivity index (χ0n) is 16.1. The van der Waals surface area contributed by atoms with Crippen LogP contribution in [-0.2, 0) is 40.5 Å². The quantitative estimate of drug-likeness (QED) is 0.250. The molecule has 28 heteroatoms. The Balaban J connectivity index is -0.000000122. The van der Waals surface area contributed by atoms with Crippen molar-refractivity contribution in [3.05, 3.63) is 0 Å². The lowest BCUT2D eigenvalue weighted by Gasteiger charge is -2.00. The minimum absolute atomic E-state index is 0. The van der Waals surface area contributed by atoms with Gasteiger partial charge in [0.05, 0.1) is 0 Å². The molecule has 0 aromatic rings. The number of hydrogen-bond acceptors (Lipinski definition) is 8. The molecular formula is C9H16F12O12S4. The van der Waals surface area contributed by atoms with Crippen molar-refractivity contribution in [2.24, 2.45) is 0 Å². The topological polar surface area (TPSA) is 217 Å². The first kappa shape index (κ1) is 45.7. The maximum Gasteiger partial charge on any atom is 0.405 e. The van der Waals surface area contributed by atoms with E-state index >= 15 is 0 Å². The van der Waals surface area contributed by atoms with Gasteiger partial charge in [0.2, 0.25) is 0 Å². The average Bonchev–Trinajstić information content (AvgIpc) is 2.19. The summed E-state index contributed by atoms with van der Waals surface area (Å²) in [5.74, 6) is -8.72. The molecule has 0 bridgehead atoms. The third-order valence-corrected chi connectivity index (χ3v) is 4.15. The van der Waals surface area contributed by atoms with Gasteiger partial charge in [-0.3, -0.25) is 18.2 Å². The highest BCUT2D eigenvalue weighted by molar-refractivity contribution is 7.86. The summed E-state index contributed by atoms with van der Waals surface area (Å²) < 4.78 is 238. The summed E-state index contributed by atoms with van der Waals surface area (Å²) in [7, 11) is -19.6. The molecule has 0 fully saturated rings. The van der Waals surface area contributed by atoms with E-state index in [4.69, 9.17) is 18.2 Å². The first-order valence-electron chi connectivity index (χ1n) is 6.90. The van der Waals surface area contributed by atoms with Crippen molar-refractivity contribution in [2.75, 3.05) is 23.0 Å². The van der Waals surface area contributed by atoms with Gasteiger partial charge in [-0.05, 0) is 0 Å². The van der Waals surface area contributed by atoms with E-state index in [2.05, 4.69) is 0 Å². The predicted octanol–water partition coefficient (Wildman–Crippen LogP) is 2.38. The Morgan fingerprint density at radius 1 is 0.351 bits per heavy atom. The van der Waals surface area contributed by atoms with Crippen LogP contribution in [0, 0.1) is 0 Å². The van der Waals surface area contributed by atoms with E-state index in [0.29, 0.717) is 0 Å². The van der Waals surface area contributed by atoms with E-state index in [1.165, 1.54) is 0 Å². The Morgan fingerprint density at radius 2 is 0.432 bits per heavy atom. The van der Waals surface area contributed by atoms with Crippen molar-refractivity contribution in [1.82, 2.24) is 0 Å². The van der Waals surface area contributed by atoms with E-state index in [1.54, 1.807) is 0 Å². The SMILES string of the molecule is C.O=S(=O)(O)CC(F)(F)F.O=S(=O)(O)CC(F)(F)F.O=S(=O)(O)CC(F)(F)F.O=S(=O)(O)CC(F)(F)F. The molecule has 0 aromatic carbocycles. The van der Waals surface area contributed by atoms with E-state index in [1.807, 2.05) is 0 Å². The van der Waals surface area contributed by atoms with Gasteiger partial charge in [0.15, 0.2) is 23.0 Å². The van der Waals surface area contributed by atoms with Crippen molar-refractivity contribution in [1.29, 1.82) is 0 Å². The molecule has 0 amide bonds. The van der Waals surface area contributed by atoms with Crippen LogP contribution in [0.25, 0.3) is 0 Å². The Morgan fingerprint density at radius 3 is 0.432 bits per heavy atom. The highest BCUT2D eigenvalue weighted by atomic mass is 32.2. The molecule has 0 aromatic heterocycles. The standard InChI is InChI=1S/4C2H3F3O3S.CH4/c4*3-2(4,5)1-9(6,7)8;/h4*1H2,(H,6,7,8);1H4. The number of hydrogen-bond donors (Lipinski definition) is 4. The summed E-state index contributed by atoms with van der Waals surface area (Å²) in [6.45, 7) is 0. The number of halogens is 12. The number of alkyl halides is 12. The van der Waals surface area contributed by atoms with E-state index in [9.17, 15) is 86.4 Å². The zero-order chi connectivity index (χ0) is 30.8. The van der Waals surface area contributed by atoms with Crippen LogP contribution in [0.15, 0.2) is 0 Å². The maximum atomic E-state index is 11.0. The fourth-order valence-electron chi connectivity index (χ4n) is 0.827. The largest absolute Gasteiger partial charge is 0.405 e. The van der Waals surface area contributed by atoms with Gasteiger partial charge in [-0.15, -0.1) is 0 Å². The van der Waals surface area contributed by atoms with Gasteiger partial charge in [-0.25, -0.2) is 0 Å². The van der Waals surface area contributed by atoms with Crippen molar-refractivity contribution in [2.45, 2.75) is 32.1 Å². The molecule has 0 saturated carbocycles. The van der Waals surface area contributed by atoms with Crippen molar-refractivity contribution < 1.29 is 105 Å². The van der Waals surface area contributed by atoms with Gasteiger partial charge in [-0.1, -0.05) is 7.43 Å². The molecule has 0 atom stereocenters. The Hall–Kier alpha value is -1.20. The normalized spacial score (nSPS) is 13.4. The van der Waals surface area contributed by atoms with E-state index in [0.717, 1.165) is 0 Å². The smallest absolute Gasteiger partial charge is 0.285 e. The van der Waals surface area contributed by atoms with Gasteiger partial charge >= 0.3 is 24.7 Å². The monoisotopic (exact) mass is 672 g/mol. The minimum Gasteiger partial charge on any atom is -0.285 e. The lowest BCUT2D eigenvalue weighted by atomic mass is 10.8. The molecule has 232 valence electrons. The molecule has 4 N–H and O–H groups in total. The Bertz CT molecular complexity index is 889. The summed E-state index contributed by atoms with van der Waals surface area (Å²) in [5.41, 5.74) is 0. The summed E-state index contributed by atoms with van der Waals surface area (Å²) in [5, 5.41) is 0. The molecule has 0 heterocycles. The molecule has 0 unspecified atom stereocenters. The third-order valence-electron chi connectivity index (χ3n) is 1.38. The highest BCUT2D eigenvalue weighted by Crippen LogP contribution is 2.17. The summed E-state index contributed by atoms with van der Waals surface area (Å²) in [6.07, 6.45) is -19.4. The van der Waals surface area contributed by atoms with Gasteiger partial charge < -0.3 is 0 Å². The van der Waals surface area contributed by atoms with E-state index < -0.39 is 88.2 Å². The van der Waals surface area contributed by atoms with Crippen LogP contribution in [0.4, 0.5) is 52.7 Å².